The van der Waals surface area contributed by atoms with Crippen molar-refractivity contribution in [1.29, 1.82) is 0 Å². The lowest BCUT2D eigenvalue weighted by Gasteiger charge is -2.15. The molecule has 0 spiro atoms. The number of benzene rings is 2. The van der Waals surface area contributed by atoms with E-state index in [1.54, 1.807) is 6.20 Å². The molecule has 0 saturated heterocycles. The van der Waals surface area contributed by atoms with Gasteiger partial charge in [-0.25, -0.2) is 9.78 Å². The Morgan fingerprint density at radius 2 is 1.97 bits per heavy atom. The van der Waals surface area contributed by atoms with Crippen LogP contribution in [0.25, 0.3) is 0 Å². The highest BCUT2D eigenvalue weighted by Gasteiger charge is 2.11. The van der Waals surface area contributed by atoms with Gasteiger partial charge in [-0.15, -0.1) is 0 Å². The summed E-state index contributed by atoms with van der Waals surface area (Å²) in [7, 11) is 0. The van der Waals surface area contributed by atoms with Crippen LogP contribution in [0.15, 0.2) is 48.7 Å². The van der Waals surface area contributed by atoms with Crippen molar-refractivity contribution in [3.05, 3.63) is 65.4 Å². The fraction of sp³-hybridized carbons (Fsp3) is 0.227. The summed E-state index contributed by atoms with van der Waals surface area (Å²) >= 11 is 0. The van der Waals surface area contributed by atoms with E-state index in [1.165, 1.54) is 5.56 Å². The molecule has 4 N–H and O–H groups in total. The summed E-state index contributed by atoms with van der Waals surface area (Å²) in [5.74, 6) is 1.29. The van der Waals surface area contributed by atoms with Crippen LogP contribution in [0.1, 0.15) is 23.6 Å². The number of aryl methyl sites for hydroxylation is 3. The van der Waals surface area contributed by atoms with E-state index in [1.807, 2.05) is 38.1 Å². The molecule has 1 aliphatic heterocycles. The Balaban J connectivity index is 1.75. The normalized spacial score (nSPS) is 12.3. The van der Waals surface area contributed by atoms with Gasteiger partial charge < -0.3 is 21.3 Å². The van der Waals surface area contributed by atoms with Crippen LogP contribution in [-0.2, 0) is 12.8 Å². The number of fused-ring (bicyclic) bond motifs is 6. The summed E-state index contributed by atoms with van der Waals surface area (Å²) in [6.45, 7) is 4.45. The van der Waals surface area contributed by atoms with Crippen molar-refractivity contribution in [2.75, 3.05) is 22.5 Å². The molecule has 0 atom stereocenters. The minimum Gasteiger partial charge on any atom is -0.340 e. The molecular weight excluding hydrogens is 364 g/mol. The molecule has 0 unspecified atom stereocenters. The Morgan fingerprint density at radius 3 is 2.83 bits per heavy atom. The molecule has 2 heterocycles. The van der Waals surface area contributed by atoms with Gasteiger partial charge in [0, 0.05) is 35.4 Å². The Morgan fingerprint density at radius 1 is 1.10 bits per heavy atom. The third kappa shape index (κ3) is 4.45. The second-order valence-electron chi connectivity index (χ2n) is 7.03. The predicted molar refractivity (Wildman–Crippen MR) is 116 cm³/mol. The first-order valence-electron chi connectivity index (χ1n) is 9.75. The Kier molecular flexibility index (Phi) is 5.29. The van der Waals surface area contributed by atoms with E-state index >= 15 is 0 Å². The van der Waals surface area contributed by atoms with Crippen LogP contribution >= 0.6 is 0 Å². The fourth-order valence-corrected chi connectivity index (χ4v) is 3.31. The lowest BCUT2D eigenvalue weighted by molar-refractivity contribution is 0.252. The van der Waals surface area contributed by atoms with Crippen molar-refractivity contribution in [3.8, 4) is 0 Å². The van der Waals surface area contributed by atoms with Crippen molar-refractivity contribution in [1.82, 2.24) is 15.3 Å². The fourth-order valence-electron chi connectivity index (χ4n) is 3.31. The van der Waals surface area contributed by atoms with Gasteiger partial charge >= 0.3 is 6.03 Å². The zero-order valence-electron chi connectivity index (χ0n) is 16.5. The van der Waals surface area contributed by atoms with Crippen LogP contribution < -0.4 is 21.3 Å². The maximum absolute atomic E-state index is 12.0. The van der Waals surface area contributed by atoms with Crippen molar-refractivity contribution in [2.45, 2.75) is 26.7 Å². The van der Waals surface area contributed by atoms with E-state index in [9.17, 15) is 4.79 Å². The van der Waals surface area contributed by atoms with Gasteiger partial charge in [0.2, 0.25) is 5.95 Å². The molecular formula is C22H24N6O. The van der Waals surface area contributed by atoms with Crippen LogP contribution in [-0.4, -0.2) is 22.5 Å². The average Bonchev–Trinajstić information content (AvgIpc) is 2.71. The van der Waals surface area contributed by atoms with Gasteiger partial charge in [0.25, 0.3) is 0 Å². The first kappa shape index (κ1) is 18.7. The summed E-state index contributed by atoms with van der Waals surface area (Å²) in [6.07, 6.45) is 3.44. The second kappa shape index (κ2) is 8.18. The monoisotopic (exact) mass is 388 g/mol. The van der Waals surface area contributed by atoms with Gasteiger partial charge in [0.05, 0.1) is 0 Å². The number of nitrogens with zero attached hydrogens (tertiary/aromatic N) is 2. The van der Waals surface area contributed by atoms with Crippen molar-refractivity contribution in [3.63, 3.8) is 0 Å². The molecule has 0 saturated carbocycles. The number of carbonyl (C=O) groups excluding carboxylic acids is 1. The topological polar surface area (TPSA) is 91.0 Å². The number of amides is 2. The lowest BCUT2D eigenvalue weighted by atomic mass is 10.0. The summed E-state index contributed by atoms with van der Waals surface area (Å²) in [5, 5.41) is 12.4. The molecule has 0 aliphatic carbocycles. The molecule has 4 rings (SSSR count). The molecule has 29 heavy (non-hydrogen) atoms. The molecule has 0 radical (unpaired) electrons. The van der Waals surface area contributed by atoms with Gasteiger partial charge in [0.1, 0.15) is 5.82 Å². The predicted octanol–water partition coefficient (Wildman–Crippen LogP) is 4.51. The molecule has 7 heteroatoms. The van der Waals surface area contributed by atoms with Crippen LogP contribution in [0.2, 0.25) is 0 Å². The Bertz CT molecular complexity index is 1050. The van der Waals surface area contributed by atoms with E-state index in [-0.39, 0.29) is 6.03 Å². The van der Waals surface area contributed by atoms with Crippen molar-refractivity contribution < 1.29 is 4.79 Å². The molecule has 3 aromatic rings. The molecule has 2 aromatic carbocycles. The highest BCUT2D eigenvalue weighted by molar-refractivity contribution is 5.90. The van der Waals surface area contributed by atoms with E-state index in [0.29, 0.717) is 12.5 Å². The molecule has 6 bridgehead atoms. The van der Waals surface area contributed by atoms with Gasteiger partial charge in [0.15, 0.2) is 0 Å². The third-order valence-electron chi connectivity index (χ3n) is 4.79. The van der Waals surface area contributed by atoms with Crippen LogP contribution in [0.3, 0.4) is 0 Å². The average molecular weight is 388 g/mol. The first-order valence-corrected chi connectivity index (χ1v) is 9.75. The smallest absolute Gasteiger partial charge is 0.319 e. The highest BCUT2D eigenvalue weighted by atomic mass is 16.2. The maximum atomic E-state index is 12.0. The zero-order valence-corrected chi connectivity index (χ0v) is 16.5. The summed E-state index contributed by atoms with van der Waals surface area (Å²) in [6, 6.07) is 14.0. The molecule has 1 aliphatic rings. The van der Waals surface area contributed by atoms with E-state index < -0.39 is 0 Å². The van der Waals surface area contributed by atoms with Crippen molar-refractivity contribution in [2.24, 2.45) is 0 Å². The van der Waals surface area contributed by atoms with Crippen LogP contribution in [0.4, 0.5) is 33.6 Å². The van der Waals surface area contributed by atoms with Crippen LogP contribution in [0.5, 0.6) is 0 Å². The zero-order chi connectivity index (χ0) is 20.2. The Hall–Kier alpha value is -3.61. The SMILES string of the molecule is CCNC(=O)Nc1ccc2cc1CCc1cccc(c1)Nc1ncc(C)c(n1)N2. The van der Waals surface area contributed by atoms with Crippen molar-refractivity contribution >= 4 is 34.9 Å². The molecule has 7 nitrogen and oxygen atoms in total. The second-order valence-corrected chi connectivity index (χ2v) is 7.03. The number of anilines is 5. The summed E-state index contributed by atoms with van der Waals surface area (Å²) in [5.41, 5.74) is 5.88. The Labute approximate surface area is 170 Å². The molecule has 1 aromatic heterocycles. The number of rotatable bonds is 2. The van der Waals surface area contributed by atoms with E-state index in [4.69, 9.17) is 0 Å². The summed E-state index contributed by atoms with van der Waals surface area (Å²) < 4.78 is 0. The highest BCUT2D eigenvalue weighted by Crippen LogP contribution is 2.27. The quantitative estimate of drug-likeness (QED) is 0.518. The number of urea groups is 1. The first-order chi connectivity index (χ1) is 14.1. The minimum atomic E-state index is -0.199. The minimum absolute atomic E-state index is 0.199. The van der Waals surface area contributed by atoms with Gasteiger partial charge in [-0.3, -0.25) is 0 Å². The molecule has 2 amide bonds. The standard InChI is InChI=1S/C22H24N6O/c1-3-23-22(29)27-19-10-9-18-12-16(19)8-7-15-5-4-6-17(11-15)26-21-24-13-14(2)20(25-18)28-21/h4-6,9-13H,3,7-8H2,1-2H3,(H2,23,27,29)(H2,24,25,26,28). The van der Waals surface area contributed by atoms with Gasteiger partial charge in [-0.1, -0.05) is 12.1 Å². The van der Waals surface area contributed by atoms with Crippen LogP contribution in [0, 0.1) is 6.92 Å². The molecule has 148 valence electrons. The van der Waals surface area contributed by atoms with Gasteiger partial charge in [-0.05, 0) is 68.1 Å². The third-order valence-corrected chi connectivity index (χ3v) is 4.79. The molecule has 0 fully saturated rings. The summed E-state index contributed by atoms with van der Waals surface area (Å²) in [4.78, 5) is 21.1. The lowest BCUT2D eigenvalue weighted by Crippen LogP contribution is -2.28. The number of carbonyl (C=O) groups is 1. The van der Waals surface area contributed by atoms with E-state index in [2.05, 4.69) is 49.4 Å². The van der Waals surface area contributed by atoms with E-state index in [0.717, 1.165) is 46.8 Å². The maximum Gasteiger partial charge on any atom is 0.319 e. The number of nitrogens with one attached hydrogen (secondary N) is 4. The number of hydrogen-bond donors (Lipinski definition) is 4. The number of hydrogen-bond acceptors (Lipinski definition) is 5. The van der Waals surface area contributed by atoms with Gasteiger partial charge in [-0.2, -0.15) is 4.98 Å². The number of aromatic nitrogens is 2. The largest absolute Gasteiger partial charge is 0.340 e.